The second-order valence-corrected chi connectivity index (χ2v) is 13.8. The Bertz CT molecular complexity index is 521. The van der Waals surface area contributed by atoms with Gasteiger partial charge in [-0.2, -0.15) is 0 Å². The molecule has 1 aliphatic rings. The monoisotopic (exact) mass is 366 g/mol. The fraction of sp³-hybridized carbons (Fsp3) is 0.778. The zero-order valence-corrected chi connectivity index (χ0v) is 17.8. The Morgan fingerprint density at radius 1 is 1.12 bits per heavy atom. The van der Waals surface area contributed by atoms with E-state index in [4.69, 9.17) is 9.39 Å². The predicted octanol–water partition coefficient (Wildman–Crippen LogP) is 2.98. The Labute approximate surface area is 154 Å². The van der Waals surface area contributed by atoms with Crippen molar-refractivity contribution in [3.8, 4) is 5.75 Å². The molecule has 0 aromatic carbocycles. The fourth-order valence-corrected chi connectivity index (χ4v) is 11.6. The molecular formula is C18H35BN2O3Si. The summed E-state index contributed by atoms with van der Waals surface area (Å²) in [4.78, 5) is 2.46. The predicted molar refractivity (Wildman–Crippen MR) is 107 cm³/mol. The van der Waals surface area contributed by atoms with E-state index in [1.165, 1.54) is 5.69 Å². The molecule has 25 heavy (non-hydrogen) atoms. The summed E-state index contributed by atoms with van der Waals surface area (Å²) >= 11 is 0. The van der Waals surface area contributed by atoms with Crippen molar-refractivity contribution in [3.63, 3.8) is 0 Å². The van der Waals surface area contributed by atoms with Crippen molar-refractivity contribution in [1.29, 1.82) is 0 Å². The molecule has 0 spiro atoms. The molecule has 5 nitrogen and oxygen atoms in total. The molecule has 2 heterocycles. The molecule has 1 aromatic rings. The first-order valence-corrected chi connectivity index (χ1v) is 11.8. The second-order valence-electron chi connectivity index (χ2n) is 8.05. The van der Waals surface area contributed by atoms with Gasteiger partial charge in [0.25, 0.3) is 0 Å². The first-order chi connectivity index (χ1) is 11.8. The molecule has 0 unspecified atom stereocenters. The minimum absolute atomic E-state index is 0.277. The minimum Gasteiger partial charge on any atom is -0.538 e. The van der Waals surface area contributed by atoms with Crippen molar-refractivity contribution in [1.82, 2.24) is 9.13 Å². The van der Waals surface area contributed by atoms with Gasteiger partial charge in [0.1, 0.15) is 5.75 Å². The van der Waals surface area contributed by atoms with Crippen LogP contribution >= 0.6 is 0 Å². The second kappa shape index (κ2) is 8.75. The van der Waals surface area contributed by atoms with Crippen LogP contribution < -0.4 is 4.65 Å². The van der Waals surface area contributed by atoms with Crippen molar-refractivity contribution >= 4 is 15.9 Å². The van der Waals surface area contributed by atoms with Crippen molar-refractivity contribution in [2.45, 2.75) is 64.7 Å². The third-order valence-corrected chi connectivity index (χ3v) is 12.6. The molecule has 7 heteroatoms. The van der Waals surface area contributed by atoms with Crippen LogP contribution in [0, 0.1) is 0 Å². The van der Waals surface area contributed by atoms with Gasteiger partial charge in [0.05, 0.1) is 13.2 Å². The highest BCUT2D eigenvalue weighted by Gasteiger charge is 2.46. The zero-order chi connectivity index (χ0) is 18.6. The first kappa shape index (κ1) is 20.6. The van der Waals surface area contributed by atoms with E-state index < -0.39 is 8.24 Å². The topological polar surface area (TPSA) is 46.9 Å². The summed E-state index contributed by atoms with van der Waals surface area (Å²) in [6.07, 6.45) is 2.15. The third kappa shape index (κ3) is 4.15. The van der Waals surface area contributed by atoms with Crippen LogP contribution in [-0.4, -0.2) is 56.4 Å². The number of hydrogen-bond acceptors (Lipinski definition) is 4. The molecule has 2 rings (SSSR count). The summed E-state index contributed by atoms with van der Waals surface area (Å²) in [7, 11) is -2.12. The highest BCUT2D eigenvalue weighted by molar-refractivity contribution is 6.82. The Hall–Kier alpha value is -0.758. The standard InChI is InChI=1S/C18H35BN2O3Si/c1-14(2)25(15(3)4,16(5)6)21-13-18(24-19-22)11-17(21)12-20-7-9-23-10-8-20/h11,13-16,19,22H,7-10,12H2,1-6H3. The molecule has 0 atom stereocenters. The summed E-state index contributed by atoms with van der Waals surface area (Å²) < 4.78 is 13.5. The van der Waals surface area contributed by atoms with E-state index in [1.54, 1.807) is 0 Å². The molecule has 1 fully saturated rings. The van der Waals surface area contributed by atoms with Crippen molar-refractivity contribution in [3.05, 3.63) is 18.0 Å². The third-order valence-electron chi connectivity index (χ3n) is 5.79. The normalized spacial score (nSPS) is 16.9. The number of rotatable bonds is 8. The van der Waals surface area contributed by atoms with Gasteiger partial charge >= 0.3 is 7.69 Å². The zero-order valence-electron chi connectivity index (χ0n) is 16.8. The maximum Gasteiger partial charge on any atom is 0.504 e. The van der Waals surface area contributed by atoms with Crippen molar-refractivity contribution in [2.24, 2.45) is 0 Å². The fourth-order valence-electron chi connectivity index (χ4n) is 4.94. The largest absolute Gasteiger partial charge is 0.538 e. The van der Waals surface area contributed by atoms with E-state index in [-0.39, 0.29) is 7.69 Å². The van der Waals surface area contributed by atoms with Gasteiger partial charge in [-0.05, 0) is 22.7 Å². The van der Waals surface area contributed by atoms with Crippen molar-refractivity contribution < 1.29 is 14.4 Å². The number of aromatic nitrogens is 1. The molecule has 1 aromatic heterocycles. The molecule has 0 radical (unpaired) electrons. The summed E-state index contributed by atoms with van der Waals surface area (Å²) in [6, 6.07) is 2.13. The van der Waals surface area contributed by atoms with Gasteiger partial charge in [0.15, 0.2) is 8.24 Å². The molecule has 0 amide bonds. The van der Waals surface area contributed by atoms with Crippen LogP contribution in [0.1, 0.15) is 47.2 Å². The van der Waals surface area contributed by atoms with Crippen LogP contribution in [0.4, 0.5) is 0 Å². The molecule has 1 N–H and O–H groups in total. The van der Waals surface area contributed by atoms with E-state index in [1.807, 2.05) is 0 Å². The Kier molecular flexibility index (Phi) is 7.20. The maximum absolute atomic E-state index is 9.22. The van der Waals surface area contributed by atoms with Gasteiger partial charge in [-0.15, -0.1) is 0 Å². The van der Waals surface area contributed by atoms with Gasteiger partial charge in [0, 0.05) is 31.5 Å². The molecule has 142 valence electrons. The van der Waals surface area contributed by atoms with Gasteiger partial charge in [-0.25, -0.2) is 0 Å². The van der Waals surface area contributed by atoms with Crippen LogP contribution in [0.5, 0.6) is 5.75 Å². The van der Waals surface area contributed by atoms with Crippen LogP contribution in [0.2, 0.25) is 16.6 Å². The van der Waals surface area contributed by atoms with Crippen LogP contribution in [0.15, 0.2) is 12.3 Å². The summed E-state index contributed by atoms with van der Waals surface area (Å²) in [5.41, 5.74) is 3.16. The average Bonchev–Trinajstić information content (AvgIpc) is 2.91. The minimum atomic E-state index is -1.84. The highest BCUT2D eigenvalue weighted by atomic mass is 28.3. The van der Waals surface area contributed by atoms with E-state index in [0.29, 0.717) is 16.6 Å². The van der Waals surface area contributed by atoms with Crippen molar-refractivity contribution in [2.75, 3.05) is 26.3 Å². The summed E-state index contributed by atoms with van der Waals surface area (Å²) in [5.74, 6) is 0.782. The van der Waals surface area contributed by atoms with Crippen LogP contribution in [-0.2, 0) is 11.3 Å². The average molecular weight is 366 g/mol. The van der Waals surface area contributed by atoms with E-state index in [0.717, 1.165) is 38.6 Å². The SMILES string of the molecule is CC(C)[Si](C(C)C)(C(C)C)n1cc(OBO)cc1CN1CCOCC1. The van der Waals surface area contributed by atoms with Gasteiger partial charge in [-0.1, -0.05) is 41.5 Å². The lowest BCUT2D eigenvalue weighted by atomic mass is 10.3. The lowest BCUT2D eigenvalue weighted by Gasteiger charge is -2.45. The summed E-state index contributed by atoms with van der Waals surface area (Å²) in [6.45, 7) is 18.7. The number of hydrogen-bond donors (Lipinski definition) is 1. The number of nitrogens with zero attached hydrogens (tertiary/aromatic N) is 2. The molecular weight excluding hydrogens is 331 g/mol. The molecule has 0 bridgehead atoms. The lowest BCUT2D eigenvalue weighted by Crippen LogP contribution is -2.53. The van der Waals surface area contributed by atoms with E-state index >= 15 is 0 Å². The number of morpholine rings is 1. The van der Waals surface area contributed by atoms with Crippen LogP contribution in [0.3, 0.4) is 0 Å². The molecule has 0 aliphatic carbocycles. The lowest BCUT2D eigenvalue weighted by molar-refractivity contribution is 0.0335. The first-order valence-electron chi connectivity index (χ1n) is 9.59. The molecule has 0 saturated carbocycles. The van der Waals surface area contributed by atoms with Crippen LogP contribution in [0.25, 0.3) is 0 Å². The quantitative estimate of drug-likeness (QED) is 0.719. The summed E-state index contributed by atoms with van der Waals surface area (Å²) in [5, 5.41) is 9.22. The Morgan fingerprint density at radius 3 is 2.16 bits per heavy atom. The molecule has 1 saturated heterocycles. The van der Waals surface area contributed by atoms with E-state index in [2.05, 4.69) is 62.9 Å². The highest BCUT2D eigenvalue weighted by Crippen LogP contribution is 2.44. The Balaban J connectivity index is 2.47. The Morgan fingerprint density at radius 2 is 1.68 bits per heavy atom. The van der Waals surface area contributed by atoms with Gasteiger partial charge in [0.2, 0.25) is 0 Å². The maximum atomic E-state index is 9.22. The van der Waals surface area contributed by atoms with E-state index in [9.17, 15) is 5.02 Å². The smallest absolute Gasteiger partial charge is 0.504 e. The molecule has 1 aliphatic heterocycles. The van der Waals surface area contributed by atoms with Gasteiger partial charge in [-0.3, -0.25) is 4.90 Å². The van der Waals surface area contributed by atoms with Gasteiger partial charge < -0.3 is 18.6 Å². The number of ether oxygens (including phenoxy) is 1.